The first kappa shape index (κ1) is 18.2. The van der Waals surface area contributed by atoms with E-state index in [9.17, 15) is 14.4 Å². The summed E-state index contributed by atoms with van der Waals surface area (Å²) in [7, 11) is 0. The van der Waals surface area contributed by atoms with E-state index in [1.165, 1.54) is 0 Å². The second-order valence-electron chi connectivity index (χ2n) is 7.24. The third-order valence-electron chi connectivity index (χ3n) is 5.30. The van der Waals surface area contributed by atoms with E-state index in [0.29, 0.717) is 23.2 Å². The van der Waals surface area contributed by atoms with Gasteiger partial charge in [0.1, 0.15) is 0 Å². The topological polar surface area (TPSA) is 84.5 Å². The van der Waals surface area contributed by atoms with Crippen molar-refractivity contribution in [2.45, 2.75) is 44.2 Å². The molecular weight excluding hydrogens is 356 g/mol. The number of cyclic esters (lactones) is 1. The highest BCUT2D eigenvalue weighted by atomic mass is 16.5. The summed E-state index contributed by atoms with van der Waals surface area (Å²) >= 11 is 0. The lowest BCUT2D eigenvalue weighted by molar-refractivity contribution is -0.125. The number of esters is 1. The van der Waals surface area contributed by atoms with Gasteiger partial charge < -0.3 is 15.4 Å². The van der Waals surface area contributed by atoms with E-state index in [4.69, 9.17) is 4.74 Å². The van der Waals surface area contributed by atoms with Gasteiger partial charge in [0.15, 0.2) is 6.10 Å². The molecule has 2 amide bonds. The summed E-state index contributed by atoms with van der Waals surface area (Å²) in [5, 5.41) is 5.79. The fraction of sp³-hybridized carbons (Fsp3) is 0.318. The number of nitrogens with one attached hydrogen (secondary N) is 2. The van der Waals surface area contributed by atoms with E-state index in [1.54, 1.807) is 36.4 Å². The number of anilines is 1. The van der Waals surface area contributed by atoms with Crippen molar-refractivity contribution in [3.8, 4) is 0 Å². The van der Waals surface area contributed by atoms with Crippen molar-refractivity contribution in [2.24, 2.45) is 0 Å². The van der Waals surface area contributed by atoms with Crippen LogP contribution in [-0.2, 0) is 16.0 Å². The van der Waals surface area contributed by atoms with E-state index >= 15 is 0 Å². The summed E-state index contributed by atoms with van der Waals surface area (Å²) < 4.78 is 5.30. The molecule has 1 aliphatic carbocycles. The fourth-order valence-corrected chi connectivity index (χ4v) is 3.81. The molecule has 0 unspecified atom stereocenters. The van der Waals surface area contributed by atoms with E-state index in [1.807, 2.05) is 12.1 Å². The highest BCUT2D eigenvalue weighted by molar-refractivity contribution is 6.06. The molecule has 2 aromatic carbocycles. The minimum atomic E-state index is -0.923. The van der Waals surface area contributed by atoms with E-state index in [0.717, 1.165) is 31.2 Å². The molecule has 0 spiro atoms. The monoisotopic (exact) mass is 378 g/mol. The van der Waals surface area contributed by atoms with Crippen LogP contribution in [0, 0.1) is 0 Å². The highest BCUT2D eigenvalue weighted by Gasteiger charge is 2.31. The SMILES string of the molecule is O=C1O[C@H](C(=O)Nc2ccccc2C(=O)NC2CCCC2)Cc2ccccc21. The first-order valence-electron chi connectivity index (χ1n) is 9.61. The summed E-state index contributed by atoms with van der Waals surface area (Å²) in [6, 6.07) is 14.2. The van der Waals surface area contributed by atoms with Gasteiger partial charge in [-0.15, -0.1) is 0 Å². The van der Waals surface area contributed by atoms with E-state index < -0.39 is 18.0 Å². The number of hydrogen-bond acceptors (Lipinski definition) is 4. The first-order chi connectivity index (χ1) is 13.6. The van der Waals surface area contributed by atoms with Gasteiger partial charge in [-0.1, -0.05) is 43.2 Å². The van der Waals surface area contributed by atoms with Crippen LogP contribution < -0.4 is 10.6 Å². The molecule has 2 aliphatic rings. The molecule has 2 N–H and O–H groups in total. The average molecular weight is 378 g/mol. The average Bonchev–Trinajstić information content (AvgIpc) is 3.21. The van der Waals surface area contributed by atoms with Crippen molar-refractivity contribution in [3.05, 3.63) is 65.2 Å². The van der Waals surface area contributed by atoms with Crippen LogP contribution in [0.25, 0.3) is 0 Å². The minimum absolute atomic E-state index is 0.187. The lowest BCUT2D eigenvalue weighted by Gasteiger charge is -2.24. The number of hydrogen-bond donors (Lipinski definition) is 2. The molecule has 1 aliphatic heterocycles. The predicted octanol–water partition coefficient (Wildman–Crippen LogP) is 3.08. The lowest BCUT2D eigenvalue weighted by Crippen LogP contribution is -2.38. The maximum absolute atomic E-state index is 12.7. The third-order valence-corrected chi connectivity index (χ3v) is 5.30. The molecule has 1 fully saturated rings. The van der Waals surface area contributed by atoms with Crippen LogP contribution in [0.4, 0.5) is 5.69 Å². The van der Waals surface area contributed by atoms with Crippen LogP contribution >= 0.6 is 0 Å². The van der Waals surface area contributed by atoms with Crippen LogP contribution in [0.2, 0.25) is 0 Å². The molecule has 28 heavy (non-hydrogen) atoms. The zero-order valence-electron chi connectivity index (χ0n) is 15.4. The van der Waals surface area contributed by atoms with Crippen LogP contribution in [0.3, 0.4) is 0 Å². The van der Waals surface area contributed by atoms with Crippen LogP contribution in [0.15, 0.2) is 48.5 Å². The summed E-state index contributed by atoms with van der Waals surface area (Å²) in [6.45, 7) is 0. The molecule has 0 radical (unpaired) electrons. The van der Waals surface area contributed by atoms with E-state index in [2.05, 4.69) is 10.6 Å². The highest BCUT2D eigenvalue weighted by Crippen LogP contribution is 2.23. The van der Waals surface area contributed by atoms with Gasteiger partial charge in [0, 0.05) is 12.5 Å². The summed E-state index contributed by atoms with van der Waals surface area (Å²) in [5.41, 5.74) is 2.09. The molecule has 2 aromatic rings. The molecule has 4 rings (SSSR count). The molecule has 0 aromatic heterocycles. The number of ether oxygens (including phenoxy) is 1. The van der Waals surface area contributed by atoms with Crippen LogP contribution in [-0.4, -0.2) is 29.9 Å². The van der Waals surface area contributed by atoms with Crippen molar-refractivity contribution in [3.63, 3.8) is 0 Å². The number of rotatable bonds is 4. The Balaban J connectivity index is 1.48. The molecule has 0 saturated heterocycles. The first-order valence-corrected chi connectivity index (χ1v) is 9.61. The van der Waals surface area contributed by atoms with Gasteiger partial charge >= 0.3 is 5.97 Å². The largest absolute Gasteiger partial charge is 0.448 e. The Morgan fingerprint density at radius 1 is 0.964 bits per heavy atom. The Hall–Kier alpha value is -3.15. The van der Waals surface area contributed by atoms with Gasteiger partial charge in [-0.3, -0.25) is 9.59 Å². The summed E-state index contributed by atoms with van der Waals surface area (Å²) in [4.78, 5) is 37.5. The number of benzene rings is 2. The molecular formula is C22H22N2O4. The lowest BCUT2D eigenvalue weighted by atomic mass is 9.98. The molecule has 1 heterocycles. The third kappa shape index (κ3) is 3.76. The van der Waals surface area contributed by atoms with Crippen LogP contribution in [0.5, 0.6) is 0 Å². The van der Waals surface area contributed by atoms with Gasteiger partial charge in [-0.05, 0) is 36.6 Å². The number of carbonyl (C=O) groups is 3. The van der Waals surface area contributed by atoms with Gasteiger partial charge in [0.2, 0.25) is 0 Å². The Labute approximate surface area is 163 Å². The van der Waals surface area contributed by atoms with Crippen LogP contribution in [0.1, 0.15) is 52.0 Å². The molecule has 1 atom stereocenters. The number of fused-ring (bicyclic) bond motifs is 1. The number of para-hydroxylation sites is 1. The normalized spacial score (nSPS) is 18.9. The van der Waals surface area contributed by atoms with Crippen molar-refractivity contribution < 1.29 is 19.1 Å². The number of carbonyl (C=O) groups excluding carboxylic acids is 3. The van der Waals surface area contributed by atoms with E-state index in [-0.39, 0.29) is 11.9 Å². The standard InChI is InChI=1S/C22H22N2O4/c25-20(23-15-8-2-3-9-15)17-11-5-6-12-18(17)24-21(26)19-13-14-7-1-4-10-16(14)22(27)28-19/h1,4-7,10-12,15,19H,2-3,8-9,13H2,(H,23,25)(H,24,26)/t19-/m0/s1. The van der Waals surface area contributed by atoms with Gasteiger partial charge in [-0.2, -0.15) is 0 Å². The molecule has 6 heteroatoms. The van der Waals surface area contributed by atoms with Gasteiger partial charge in [-0.25, -0.2) is 4.79 Å². The van der Waals surface area contributed by atoms with Gasteiger partial charge in [0.25, 0.3) is 11.8 Å². The Morgan fingerprint density at radius 2 is 1.68 bits per heavy atom. The molecule has 1 saturated carbocycles. The molecule has 144 valence electrons. The fourth-order valence-electron chi connectivity index (χ4n) is 3.81. The Bertz CT molecular complexity index is 918. The Kier molecular flexibility index (Phi) is 5.10. The van der Waals surface area contributed by atoms with Crippen molar-refractivity contribution in [1.82, 2.24) is 5.32 Å². The van der Waals surface area contributed by atoms with Gasteiger partial charge in [0.05, 0.1) is 16.8 Å². The minimum Gasteiger partial charge on any atom is -0.448 e. The maximum atomic E-state index is 12.7. The summed E-state index contributed by atoms with van der Waals surface area (Å²) in [5.74, 6) is -1.15. The Morgan fingerprint density at radius 3 is 2.50 bits per heavy atom. The van der Waals surface area contributed by atoms with Crippen molar-refractivity contribution >= 4 is 23.5 Å². The zero-order valence-corrected chi connectivity index (χ0v) is 15.4. The number of amides is 2. The summed E-state index contributed by atoms with van der Waals surface area (Å²) in [6.07, 6.45) is 3.60. The molecule has 6 nitrogen and oxygen atoms in total. The van der Waals surface area contributed by atoms with Crippen molar-refractivity contribution in [1.29, 1.82) is 0 Å². The second-order valence-corrected chi connectivity index (χ2v) is 7.24. The zero-order chi connectivity index (χ0) is 19.5. The quantitative estimate of drug-likeness (QED) is 0.801. The maximum Gasteiger partial charge on any atom is 0.339 e. The second kappa shape index (κ2) is 7.84. The predicted molar refractivity (Wildman–Crippen MR) is 104 cm³/mol. The smallest absolute Gasteiger partial charge is 0.339 e. The molecule has 0 bridgehead atoms. The van der Waals surface area contributed by atoms with Crippen molar-refractivity contribution in [2.75, 3.05) is 5.32 Å².